The van der Waals surface area contributed by atoms with Gasteiger partial charge in [-0.1, -0.05) is 49.7 Å². The summed E-state index contributed by atoms with van der Waals surface area (Å²) in [4.78, 5) is 36.4. The van der Waals surface area contributed by atoms with Crippen LogP contribution >= 0.6 is 0 Å². The van der Waals surface area contributed by atoms with Crippen LogP contribution in [0, 0.1) is 5.92 Å². The van der Waals surface area contributed by atoms with Gasteiger partial charge in [0.1, 0.15) is 11.7 Å². The van der Waals surface area contributed by atoms with Gasteiger partial charge in [-0.15, -0.1) is 0 Å². The lowest BCUT2D eigenvalue weighted by Crippen LogP contribution is -2.29. The molecular weight excluding hydrogens is 308 g/mol. The summed E-state index contributed by atoms with van der Waals surface area (Å²) >= 11 is 0. The lowest BCUT2D eigenvalue weighted by molar-refractivity contribution is -0.137. The van der Waals surface area contributed by atoms with Crippen LogP contribution in [0.1, 0.15) is 40.5 Å². The van der Waals surface area contributed by atoms with E-state index < -0.39 is 23.6 Å². The summed E-state index contributed by atoms with van der Waals surface area (Å²) in [6.07, 6.45) is 0.883. The molecule has 0 radical (unpaired) electrons. The van der Waals surface area contributed by atoms with Crippen molar-refractivity contribution in [3.63, 3.8) is 0 Å². The van der Waals surface area contributed by atoms with Gasteiger partial charge in [-0.3, -0.25) is 9.59 Å². The highest BCUT2D eigenvalue weighted by atomic mass is 16.5. The molecule has 1 unspecified atom stereocenters. The van der Waals surface area contributed by atoms with Gasteiger partial charge in [0.05, 0.1) is 5.56 Å². The van der Waals surface area contributed by atoms with Crippen LogP contribution in [0.3, 0.4) is 0 Å². The van der Waals surface area contributed by atoms with Crippen molar-refractivity contribution in [2.24, 2.45) is 5.92 Å². The molecule has 0 saturated heterocycles. The fraction of sp³-hybridized carbons (Fsp3) is 0.211. The first kappa shape index (κ1) is 17.4. The van der Waals surface area contributed by atoms with Crippen LogP contribution in [0.4, 0.5) is 0 Å². The number of benzene rings is 2. The number of para-hydroxylation sites is 1. The highest BCUT2D eigenvalue weighted by Gasteiger charge is 2.31. The highest BCUT2D eigenvalue weighted by molar-refractivity contribution is 6.13. The number of ether oxygens (including phenoxy) is 1. The van der Waals surface area contributed by atoms with Gasteiger partial charge in [-0.2, -0.15) is 0 Å². The molecule has 5 heteroatoms. The number of hydrogen-bond acceptors (Lipinski definition) is 4. The van der Waals surface area contributed by atoms with Crippen molar-refractivity contribution in [2.45, 2.75) is 19.8 Å². The molecule has 0 aliphatic rings. The molecule has 0 aliphatic carbocycles. The molecule has 0 fully saturated rings. The molecule has 5 nitrogen and oxygen atoms in total. The minimum atomic E-state index is -1.20. The van der Waals surface area contributed by atoms with E-state index >= 15 is 0 Å². The first-order valence-corrected chi connectivity index (χ1v) is 7.67. The molecular formula is C19H18O5. The third-order valence-corrected chi connectivity index (χ3v) is 3.56. The van der Waals surface area contributed by atoms with Gasteiger partial charge in [-0.25, -0.2) is 4.79 Å². The Labute approximate surface area is 139 Å². The van der Waals surface area contributed by atoms with Crippen LogP contribution in [-0.2, 0) is 4.79 Å². The van der Waals surface area contributed by atoms with E-state index in [-0.39, 0.29) is 11.1 Å². The van der Waals surface area contributed by atoms with Gasteiger partial charge in [0, 0.05) is 5.56 Å². The fourth-order valence-electron chi connectivity index (χ4n) is 2.39. The summed E-state index contributed by atoms with van der Waals surface area (Å²) in [5.74, 6) is -3.09. The molecule has 2 aromatic carbocycles. The maximum absolute atomic E-state index is 12.7. The predicted octanol–water partition coefficient (Wildman–Crippen LogP) is 3.59. The molecule has 2 rings (SSSR count). The van der Waals surface area contributed by atoms with Crippen LogP contribution in [0.15, 0.2) is 54.6 Å². The zero-order valence-electron chi connectivity index (χ0n) is 13.3. The molecule has 24 heavy (non-hydrogen) atoms. The Hall–Kier alpha value is -2.95. The largest absolute Gasteiger partial charge is 0.478 e. The molecule has 0 heterocycles. The summed E-state index contributed by atoms with van der Waals surface area (Å²) < 4.78 is 5.26. The fourth-order valence-corrected chi connectivity index (χ4v) is 2.39. The Morgan fingerprint density at radius 2 is 1.54 bits per heavy atom. The molecule has 2 aromatic rings. The van der Waals surface area contributed by atoms with E-state index in [1.165, 1.54) is 18.2 Å². The quantitative estimate of drug-likeness (QED) is 0.364. The zero-order chi connectivity index (χ0) is 17.5. The van der Waals surface area contributed by atoms with Crippen molar-refractivity contribution in [1.29, 1.82) is 0 Å². The Balaban J connectivity index is 2.28. The third kappa shape index (κ3) is 4.07. The van der Waals surface area contributed by atoms with Crippen molar-refractivity contribution >= 4 is 17.7 Å². The van der Waals surface area contributed by atoms with Crippen molar-refractivity contribution in [2.75, 3.05) is 0 Å². The van der Waals surface area contributed by atoms with E-state index in [0.29, 0.717) is 18.6 Å². The van der Waals surface area contributed by atoms with Crippen molar-refractivity contribution in [3.05, 3.63) is 65.7 Å². The summed E-state index contributed by atoms with van der Waals surface area (Å²) in [6, 6.07) is 14.4. The second kappa shape index (κ2) is 8.06. The number of Topliss-reactive ketones (excluding diaryl/α,β-unsaturated/α-hetero) is 1. The van der Waals surface area contributed by atoms with Gasteiger partial charge in [0.2, 0.25) is 0 Å². The standard InChI is InChI=1S/C19H18O5/c1-2-8-16(19(23)24-13-9-4-3-5-10-13)17(20)14-11-6-7-12-15(14)18(21)22/h3-7,9-12,16H,2,8H2,1H3,(H,21,22). The number of carbonyl (C=O) groups is 3. The van der Waals surface area contributed by atoms with Crippen LogP contribution in [-0.4, -0.2) is 22.8 Å². The summed E-state index contributed by atoms with van der Waals surface area (Å²) in [7, 11) is 0. The molecule has 124 valence electrons. The van der Waals surface area contributed by atoms with Crippen molar-refractivity contribution in [3.8, 4) is 5.75 Å². The Kier molecular flexibility index (Phi) is 5.84. The zero-order valence-corrected chi connectivity index (χ0v) is 13.3. The second-order valence-corrected chi connectivity index (χ2v) is 5.29. The maximum Gasteiger partial charge on any atom is 0.336 e. The van der Waals surface area contributed by atoms with Crippen LogP contribution in [0.5, 0.6) is 5.75 Å². The number of carboxylic acid groups (broad SMARTS) is 1. The number of carbonyl (C=O) groups excluding carboxylic acids is 2. The van der Waals surface area contributed by atoms with Crippen LogP contribution in [0.2, 0.25) is 0 Å². The average molecular weight is 326 g/mol. The number of rotatable bonds is 7. The first-order chi connectivity index (χ1) is 11.5. The predicted molar refractivity (Wildman–Crippen MR) is 88.2 cm³/mol. The lowest BCUT2D eigenvalue weighted by atomic mass is 9.91. The van der Waals surface area contributed by atoms with Gasteiger partial charge in [0.15, 0.2) is 5.78 Å². The smallest absolute Gasteiger partial charge is 0.336 e. The van der Waals surface area contributed by atoms with Gasteiger partial charge in [0.25, 0.3) is 0 Å². The highest BCUT2D eigenvalue weighted by Crippen LogP contribution is 2.21. The number of hydrogen-bond donors (Lipinski definition) is 1. The van der Waals surface area contributed by atoms with E-state index in [2.05, 4.69) is 0 Å². The average Bonchev–Trinajstić information content (AvgIpc) is 2.59. The normalized spacial score (nSPS) is 11.5. The second-order valence-electron chi connectivity index (χ2n) is 5.29. The molecule has 0 bridgehead atoms. The molecule has 1 N–H and O–H groups in total. The topological polar surface area (TPSA) is 80.7 Å². The number of aromatic carboxylic acids is 1. The maximum atomic E-state index is 12.7. The molecule has 0 aliphatic heterocycles. The van der Waals surface area contributed by atoms with E-state index in [4.69, 9.17) is 4.74 Å². The van der Waals surface area contributed by atoms with Gasteiger partial charge in [-0.05, 0) is 24.6 Å². The van der Waals surface area contributed by atoms with E-state index in [9.17, 15) is 19.5 Å². The monoisotopic (exact) mass is 326 g/mol. The summed E-state index contributed by atoms with van der Waals surface area (Å²) in [5.41, 5.74) is -0.0930. The Morgan fingerprint density at radius 1 is 0.958 bits per heavy atom. The Bertz CT molecular complexity index is 736. The first-order valence-electron chi connectivity index (χ1n) is 7.67. The van der Waals surface area contributed by atoms with E-state index in [0.717, 1.165) is 0 Å². The SMILES string of the molecule is CCCC(C(=O)Oc1ccccc1)C(=O)c1ccccc1C(=O)O. The molecule has 0 amide bonds. The molecule has 0 saturated carbocycles. The molecule has 0 aromatic heterocycles. The van der Waals surface area contributed by atoms with Crippen LogP contribution < -0.4 is 4.74 Å². The van der Waals surface area contributed by atoms with Crippen molar-refractivity contribution in [1.82, 2.24) is 0 Å². The van der Waals surface area contributed by atoms with Gasteiger partial charge < -0.3 is 9.84 Å². The van der Waals surface area contributed by atoms with Crippen LogP contribution in [0.25, 0.3) is 0 Å². The minimum Gasteiger partial charge on any atom is -0.478 e. The van der Waals surface area contributed by atoms with Crippen molar-refractivity contribution < 1.29 is 24.2 Å². The Morgan fingerprint density at radius 3 is 2.12 bits per heavy atom. The van der Waals surface area contributed by atoms with E-state index in [1.807, 2.05) is 6.92 Å². The minimum absolute atomic E-state index is 0.0217. The number of esters is 1. The lowest BCUT2D eigenvalue weighted by Gasteiger charge is -2.15. The molecule has 1 atom stereocenters. The van der Waals surface area contributed by atoms with E-state index in [1.54, 1.807) is 36.4 Å². The number of ketones is 1. The summed E-state index contributed by atoms with van der Waals surface area (Å²) in [6.45, 7) is 1.85. The summed E-state index contributed by atoms with van der Waals surface area (Å²) in [5, 5.41) is 9.23. The van der Waals surface area contributed by atoms with Gasteiger partial charge >= 0.3 is 11.9 Å². The molecule has 0 spiro atoms. The number of carboxylic acids is 1. The third-order valence-electron chi connectivity index (χ3n) is 3.56.